The molecule has 1 heterocycles. The molecule has 26 heavy (non-hydrogen) atoms. The summed E-state index contributed by atoms with van der Waals surface area (Å²) in [7, 11) is 3.02. The van der Waals surface area contributed by atoms with Crippen molar-refractivity contribution in [3.8, 4) is 11.5 Å². The molecular weight excluding hydrogens is 339 g/mol. The number of hydrogen-bond acceptors (Lipinski definition) is 4. The van der Waals surface area contributed by atoms with E-state index in [9.17, 15) is 14.0 Å². The average Bonchev–Trinajstić information content (AvgIpc) is 3.00. The Hall–Kier alpha value is -3.35. The van der Waals surface area contributed by atoms with Gasteiger partial charge in [-0.15, -0.1) is 0 Å². The highest BCUT2D eigenvalue weighted by Crippen LogP contribution is 2.30. The second-order valence-electron chi connectivity index (χ2n) is 5.62. The highest BCUT2D eigenvalue weighted by Gasteiger charge is 2.18. The van der Waals surface area contributed by atoms with Gasteiger partial charge in [0.25, 0.3) is 5.91 Å². The average molecular weight is 356 g/mol. The minimum atomic E-state index is -0.482. The Morgan fingerprint density at radius 1 is 1.04 bits per heavy atom. The predicted octanol–water partition coefficient (Wildman–Crippen LogP) is 3.71. The third kappa shape index (κ3) is 3.11. The van der Waals surface area contributed by atoms with Crippen LogP contribution in [0.4, 0.5) is 10.1 Å². The van der Waals surface area contributed by atoms with E-state index < -0.39 is 11.7 Å². The van der Waals surface area contributed by atoms with Crippen LogP contribution in [0.2, 0.25) is 0 Å². The van der Waals surface area contributed by atoms with Crippen LogP contribution in [-0.2, 0) is 0 Å². The van der Waals surface area contributed by atoms with Crippen LogP contribution in [0.1, 0.15) is 22.1 Å². The fraction of sp³-hybridized carbons (Fsp3) is 0.158. The number of amides is 1. The van der Waals surface area contributed by atoms with Crippen LogP contribution in [0.25, 0.3) is 10.9 Å². The summed E-state index contributed by atoms with van der Waals surface area (Å²) in [5, 5.41) is 3.24. The summed E-state index contributed by atoms with van der Waals surface area (Å²) in [5.74, 6) is -0.211. The van der Waals surface area contributed by atoms with Crippen LogP contribution in [0, 0.1) is 5.82 Å². The van der Waals surface area contributed by atoms with E-state index in [0.29, 0.717) is 28.1 Å². The normalized spacial score (nSPS) is 10.6. The quantitative estimate of drug-likeness (QED) is 0.774. The minimum absolute atomic E-state index is 0.269. The number of carbonyl (C=O) groups is 2. The molecule has 6 nitrogen and oxygen atoms in total. The molecule has 1 N–H and O–H groups in total. The van der Waals surface area contributed by atoms with Crippen LogP contribution >= 0.6 is 0 Å². The van der Waals surface area contributed by atoms with Gasteiger partial charge >= 0.3 is 0 Å². The number of ether oxygens (including phenoxy) is 2. The zero-order chi connectivity index (χ0) is 18.8. The van der Waals surface area contributed by atoms with Gasteiger partial charge in [0, 0.05) is 30.3 Å². The zero-order valence-corrected chi connectivity index (χ0v) is 14.5. The lowest BCUT2D eigenvalue weighted by molar-refractivity contribution is 0.0941. The Labute approximate surface area is 149 Å². The molecule has 0 bridgehead atoms. The summed E-state index contributed by atoms with van der Waals surface area (Å²) < 4.78 is 25.2. The van der Waals surface area contributed by atoms with Gasteiger partial charge in [-0.1, -0.05) is 0 Å². The molecule has 1 amide bonds. The van der Waals surface area contributed by atoms with Crippen molar-refractivity contribution in [3.63, 3.8) is 0 Å². The molecular formula is C19H17FN2O4. The molecule has 0 radical (unpaired) electrons. The van der Waals surface area contributed by atoms with E-state index in [1.165, 1.54) is 50.1 Å². The van der Waals surface area contributed by atoms with Crippen molar-refractivity contribution in [3.05, 3.63) is 54.0 Å². The molecule has 0 aliphatic carbocycles. The summed E-state index contributed by atoms with van der Waals surface area (Å²) in [5.41, 5.74) is 1.11. The first kappa shape index (κ1) is 17.5. The maximum Gasteiger partial charge on any atom is 0.257 e. The number of nitrogens with one attached hydrogen (secondary N) is 1. The zero-order valence-electron chi connectivity index (χ0n) is 14.5. The van der Waals surface area contributed by atoms with Gasteiger partial charge in [0.05, 0.1) is 25.3 Å². The first-order chi connectivity index (χ1) is 12.4. The van der Waals surface area contributed by atoms with Crippen LogP contribution in [0.3, 0.4) is 0 Å². The number of benzene rings is 2. The Balaban J connectivity index is 1.99. The lowest BCUT2D eigenvalue weighted by Gasteiger charge is -2.10. The van der Waals surface area contributed by atoms with Crippen LogP contribution in [0.15, 0.2) is 42.6 Å². The molecule has 134 valence electrons. The molecule has 0 fully saturated rings. The fourth-order valence-corrected chi connectivity index (χ4v) is 2.75. The Morgan fingerprint density at radius 2 is 1.77 bits per heavy atom. The van der Waals surface area contributed by atoms with E-state index in [2.05, 4.69) is 5.32 Å². The monoisotopic (exact) mass is 356 g/mol. The Bertz CT molecular complexity index is 1010. The largest absolute Gasteiger partial charge is 0.493 e. The van der Waals surface area contributed by atoms with Crippen molar-refractivity contribution >= 4 is 28.4 Å². The summed E-state index contributed by atoms with van der Waals surface area (Å²) in [6, 6.07) is 8.92. The highest BCUT2D eigenvalue weighted by atomic mass is 19.1. The van der Waals surface area contributed by atoms with Gasteiger partial charge in [0.1, 0.15) is 5.82 Å². The lowest BCUT2D eigenvalue weighted by Crippen LogP contribution is -2.12. The molecule has 0 aliphatic rings. The second-order valence-corrected chi connectivity index (χ2v) is 5.62. The number of carbonyl (C=O) groups excluding carboxylic acids is 2. The van der Waals surface area contributed by atoms with Crippen LogP contribution < -0.4 is 14.8 Å². The summed E-state index contributed by atoms with van der Waals surface area (Å²) in [6.07, 6.45) is 1.41. The number of halogens is 1. The molecule has 3 rings (SSSR count). The van der Waals surface area contributed by atoms with Crippen molar-refractivity contribution in [2.75, 3.05) is 19.5 Å². The van der Waals surface area contributed by atoms with Gasteiger partial charge in [-0.3, -0.25) is 14.2 Å². The van der Waals surface area contributed by atoms with E-state index in [1.54, 1.807) is 18.2 Å². The molecule has 1 aromatic heterocycles. The standard InChI is InChI=1S/C19H17FN2O4/c1-11(23)22-10-15(14-6-4-12(20)8-16(14)22)19(24)21-13-5-7-17(25-2)18(9-13)26-3/h4-10H,1-3H3,(H,21,24). The third-order valence-electron chi connectivity index (χ3n) is 3.99. The molecule has 0 aliphatic heterocycles. The Morgan fingerprint density at radius 3 is 2.42 bits per heavy atom. The SMILES string of the molecule is COc1ccc(NC(=O)c2cn(C(C)=O)c3cc(F)ccc23)cc1OC. The minimum Gasteiger partial charge on any atom is -0.493 e. The van der Waals surface area contributed by atoms with Crippen LogP contribution in [-0.4, -0.2) is 30.6 Å². The number of rotatable bonds is 4. The van der Waals surface area contributed by atoms with E-state index >= 15 is 0 Å². The van der Waals surface area contributed by atoms with E-state index in [4.69, 9.17) is 9.47 Å². The topological polar surface area (TPSA) is 69.6 Å². The number of nitrogens with zero attached hydrogens (tertiary/aromatic N) is 1. The van der Waals surface area contributed by atoms with Gasteiger partial charge in [0.2, 0.25) is 5.91 Å². The number of methoxy groups -OCH3 is 2. The number of aromatic nitrogens is 1. The molecule has 3 aromatic rings. The van der Waals surface area contributed by atoms with E-state index in [-0.39, 0.29) is 11.5 Å². The van der Waals surface area contributed by atoms with Crippen LogP contribution in [0.5, 0.6) is 11.5 Å². The first-order valence-electron chi connectivity index (χ1n) is 7.79. The van der Waals surface area contributed by atoms with Crippen molar-refractivity contribution < 1.29 is 23.5 Å². The van der Waals surface area contributed by atoms with Crippen molar-refractivity contribution in [1.29, 1.82) is 0 Å². The molecule has 0 saturated heterocycles. The highest BCUT2D eigenvalue weighted by molar-refractivity contribution is 6.14. The van der Waals surface area contributed by atoms with Crippen molar-refractivity contribution in [2.24, 2.45) is 0 Å². The Kier molecular flexibility index (Phi) is 4.62. The van der Waals surface area contributed by atoms with E-state index in [1.807, 2.05) is 0 Å². The molecule has 0 unspecified atom stereocenters. The molecule has 2 aromatic carbocycles. The van der Waals surface area contributed by atoms with Crippen molar-refractivity contribution in [2.45, 2.75) is 6.92 Å². The first-order valence-corrected chi connectivity index (χ1v) is 7.79. The lowest BCUT2D eigenvalue weighted by atomic mass is 10.1. The summed E-state index contributed by atoms with van der Waals surface area (Å²) in [6.45, 7) is 1.35. The number of hydrogen-bond donors (Lipinski definition) is 1. The van der Waals surface area contributed by atoms with Gasteiger partial charge in [0.15, 0.2) is 11.5 Å². The van der Waals surface area contributed by atoms with Gasteiger partial charge in [-0.05, 0) is 30.3 Å². The summed E-state index contributed by atoms with van der Waals surface area (Å²) in [4.78, 5) is 24.5. The smallest absolute Gasteiger partial charge is 0.257 e. The molecule has 0 atom stereocenters. The maximum atomic E-state index is 13.5. The second kappa shape index (κ2) is 6.87. The number of fused-ring (bicyclic) bond motifs is 1. The summed E-state index contributed by atoms with van der Waals surface area (Å²) >= 11 is 0. The van der Waals surface area contributed by atoms with Gasteiger partial charge in [-0.2, -0.15) is 0 Å². The van der Waals surface area contributed by atoms with Gasteiger partial charge in [-0.25, -0.2) is 4.39 Å². The molecule has 0 spiro atoms. The van der Waals surface area contributed by atoms with E-state index in [0.717, 1.165) is 0 Å². The van der Waals surface area contributed by atoms with Crippen molar-refractivity contribution in [1.82, 2.24) is 4.57 Å². The third-order valence-corrected chi connectivity index (χ3v) is 3.99. The molecule has 7 heteroatoms. The predicted molar refractivity (Wildman–Crippen MR) is 95.7 cm³/mol. The number of anilines is 1. The fourth-order valence-electron chi connectivity index (χ4n) is 2.75. The van der Waals surface area contributed by atoms with Gasteiger partial charge < -0.3 is 14.8 Å². The molecule has 0 saturated carbocycles. The maximum absolute atomic E-state index is 13.5.